The van der Waals surface area contributed by atoms with Crippen LogP contribution in [0.25, 0.3) is 0 Å². The van der Waals surface area contributed by atoms with Crippen LogP contribution in [0.2, 0.25) is 0 Å². The molecular weight excluding hydrogens is 226 g/mol. The fraction of sp³-hybridized carbons (Fsp3) is 0.538. The molecule has 0 radical (unpaired) electrons. The first-order valence-electron chi connectivity index (χ1n) is 5.78. The topological polar surface area (TPSA) is 18.5 Å². The van der Waals surface area contributed by atoms with Gasteiger partial charge in [0.1, 0.15) is 0 Å². The van der Waals surface area contributed by atoms with Crippen LogP contribution in [0.5, 0.6) is 0 Å². The van der Waals surface area contributed by atoms with Crippen LogP contribution in [0.4, 0.5) is 8.78 Å². The normalized spacial score (nSPS) is 31.7. The van der Waals surface area contributed by atoms with Gasteiger partial charge in [-0.15, -0.1) is 0 Å². The van der Waals surface area contributed by atoms with Crippen LogP contribution in [0.3, 0.4) is 0 Å². The Morgan fingerprint density at radius 3 is 2.29 bits per heavy atom. The Morgan fingerprint density at radius 1 is 1.12 bits per heavy atom. The number of halogens is 2. The van der Waals surface area contributed by atoms with Crippen molar-refractivity contribution in [1.82, 2.24) is 0 Å². The molecule has 1 heterocycles. The monoisotopic (exact) mass is 240 g/mol. The number of alkyl halides is 2. The van der Waals surface area contributed by atoms with Gasteiger partial charge in [-0.3, -0.25) is 0 Å². The number of ether oxygens (including phenoxy) is 2. The maximum Gasteiger partial charge on any atom is 0.263 e. The summed E-state index contributed by atoms with van der Waals surface area (Å²) in [5, 5.41) is 0. The van der Waals surface area contributed by atoms with Gasteiger partial charge in [-0.05, 0) is 12.5 Å². The van der Waals surface area contributed by atoms with Crippen molar-refractivity contribution in [1.29, 1.82) is 0 Å². The van der Waals surface area contributed by atoms with Crippen molar-refractivity contribution in [3.05, 3.63) is 35.4 Å². The summed E-state index contributed by atoms with van der Waals surface area (Å²) in [7, 11) is 0. The predicted octanol–water partition coefficient (Wildman–Crippen LogP) is 2.72. The fourth-order valence-electron chi connectivity index (χ4n) is 2.48. The van der Waals surface area contributed by atoms with E-state index in [1.54, 1.807) is 12.1 Å². The maximum absolute atomic E-state index is 13.7. The van der Waals surface area contributed by atoms with Gasteiger partial charge in [0.05, 0.1) is 25.0 Å². The molecule has 2 aliphatic rings. The van der Waals surface area contributed by atoms with Crippen molar-refractivity contribution < 1.29 is 18.3 Å². The van der Waals surface area contributed by atoms with E-state index in [1.165, 1.54) is 0 Å². The molecule has 2 unspecified atom stereocenters. The summed E-state index contributed by atoms with van der Waals surface area (Å²) < 4.78 is 37.8. The van der Waals surface area contributed by atoms with Crippen molar-refractivity contribution in [3.63, 3.8) is 0 Å². The molecule has 1 saturated heterocycles. The number of hydrogen-bond acceptors (Lipinski definition) is 2. The SMILES string of the molecule is Cc1ccc(C2C(C3OCCO3)C2(F)F)cc1. The molecule has 1 aromatic carbocycles. The lowest BCUT2D eigenvalue weighted by Crippen LogP contribution is -2.15. The van der Waals surface area contributed by atoms with Crippen LogP contribution in [0.1, 0.15) is 17.0 Å². The molecule has 4 heteroatoms. The predicted molar refractivity (Wildman–Crippen MR) is 58.0 cm³/mol. The first-order valence-corrected chi connectivity index (χ1v) is 5.78. The molecule has 17 heavy (non-hydrogen) atoms. The van der Waals surface area contributed by atoms with Crippen molar-refractivity contribution >= 4 is 0 Å². The number of aryl methyl sites for hydroxylation is 1. The van der Waals surface area contributed by atoms with Crippen LogP contribution >= 0.6 is 0 Å². The van der Waals surface area contributed by atoms with E-state index in [9.17, 15) is 8.78 Å². The minimum atomic E-state index is -2.70. The lowest BCUT2D eigenvalue weighted by molar-refractivity contribution is -0.0829. The van der Waals surface area contributed by atoms with Gasteiger partial charge in [0.25, 0.3) is 5.92 Å². The average molecular weight is 240 g/mol. The summed E-state index contributed by atoms with van der Waals surface area (Å²) in [6, 6.07) is 7.25. The first kappa shape index (κ1) is 11.1. The van der Waals surface area contributed by atoms with Gasteiger partial charge >= 0.3 is 0 Å². The molecule has 2 atom stereocenters. The highest BCUT2D eigenvalue weighted by Crippen LogP contribution is 2.64. The smallest absolute Gasteiger partial charge is 0.263 e. The Bertz CT molecular complexity index is 410. The highest BCUT2D eigenvalue weighted by atomic mass is 19.3. The quantitative estimate of drug-likeness (QED) is 0.791. The largest absolute Gasteiger partial charge is 0.350 e. The Labute approximate surface area is 98.5 Å². The standard InChI is InChI=1S/C13H14F2O2/c1-8-2-4-9(5-3-8)10-11(13(10,14)15)12-16-6-7-17-12/h2-5,10-12H,6-7H2,1H3. The third kappa shape index (κ3) is 1.76. The van der Waals surface area contributed by atoms with Gasteiger partial charge in [0.2, 0.25) is 0 Å². The zero-order chi connectivity index (χ0) is 12.0. The van der Waals surface area contributed by atoms with Crippen molar-refractivity contribution in [2.24, 2.45) is 5.92 Å². The molecule has 0 amide bonds. The van der Waals surface area contributed by atoms with Crippen LogP contribution in [-0.4, -0.2) is 25.4 Å². The van der Waals surface area contributed by atoms with E-state index in [4.69, 9.17) is 9.47 Å². The van der Waals surface area contributed by atoms with E-state index in [0.29, 0.717) is 18.8 Å². The van der Waals surface area contributed by atoms with E-state index in [0.717, 1.165) is 5.56 Å². The van der Waals surface area contributed by atoms with Crippen molar-refractivity contribution in [2.75, 3.05) is 13.2 Å². The average Bonchev–Trinajstić information content (AvgIpc) is 2.69. The minimum Gasteiger partial charge on any atom is -0.350 e. The second-order valence-corrected chi connectivity index (χ2v) is 4.70. The fourth-order valence-corrected chi connectivity index (χ4v) is 2.48. The number of benzene rings is 1. The highest BCUT2D eigenvalue weighted by Gasteiger charge is 2.72. The van der Waals surface area contributed by atoms with Gasteiger partial charge in [-0.1, -0.05) is 29.8 Å². The molecule has 1 aromatic rings. The van der Waals surface area contributed by atoms with Crippen LogP contribution in [0, 0.1) is 12.8 Å². The van der Waals surface area contributed by atoms with E-state index in [1.807, 2.05) is 19.1 Å². The highest BCUT2D eigenvalue weighted by molar-refractivity contribution is 5.34. The zero-order valence-electron chi connectivity index (χ0n) is 9.53. The molecule has 92 valence electrons. The van der Waals surface area contributed by atoms with Crippen molar-refractivity contribution in [2.45, 2.75) is 25.1 Å². The summed E-state index contributed by atoms with van der Waals surface area (Å²) in [5.74, 6) is -4.29. The van der Waals surface area contributed by atoms with Gasteiger partial charge in [-0.2, -0.15) is 0 Å². The second-order valence-electron chi connectivity index (χ2n) is 4.70. The Balaban J connectivity index is 1.82. The summed E-state index contributed by atoms with van der Waals surface area (Å²) in [4.78, 5) is 0. The summed E-state index contributed by atoms with van der Waals surface area (Å²) >= 11 is 0. The second kappa shape index (κ2) is 3.75. The molecule has 0 N–H and O–H groups in total. The summed E-state index contributed by atoms with van der Waals surface area (Å²) in [6.07, 6.45) is -0.740. The zero-order valence-corrected chi connectivity index (χ0v) is 9.53. The Morgan fingerprint density at radius 2 is 1.71 bits per heavy atom. The van der Waals surface area contributed by atoms with Gasteiger partial charge in [0.15, 0.2) is 6.29 Å². The Hall–Kier alpha value is -1.00. The van der Waals surface area contributed by atoms with E-state index in [-0.39, 0.29) is 0 Å². The summed E-state index contributed by atoms with van der Waals surface area (Å²) in [5.41, 5.74) is 1.74. The van der Waals surface area contributed by atoms with Gasteiger partial charge < -0.3 is 9.47 Å². The molecule has 3 rings (SSSR count). The van der Waals surface area contributed by atoms with E-state index >= 15 is 0 Å². The molecule has 1 aliphatic carbocycles. The minimum absolute atomic E-state index is 0.415. The third-order valence-electron chi connectivity index (χ3n) is 3.49. The van der Waals surface area contributed by atoms with Gasteiger partial charge in [-0.25, -0.2) is 8.78 Å². The number of rotatable bonds is 2. The van der Waals surface area contributed by atoms with Crippen LogP contribution in [0.15, 0.2) is 24.3 Å². The van der Waals surface area contributed by atoms with E-state index < -0.39 is 24.0 Å². The molecule has 1 saturated carbocycles. The third-order valence-corrected chi connectivity index (χ3v) is 3.49. The maximum atomic E-state index is 13.7. The molecule has 1 aliphatic heterocycles. The van der Waals surface area contributed by atoms with Crippen LogP contribution < -0.4 is 0 Å². The molecule has 2 fully saturated rings. The lowest BCUT2D eigenvalue weighted by atomic mass is 10.1. The Kier molecular flexibility index (Phi) is 2.45. The van der Waals surface area contributed by atoms with Gasteiger partial charge in [0, 0.05) is 0 Å². The molecular formula is C13H14F2O2. The molecule has 0 spiro atoms. The summed E-state index contributed by atoms with van der Waals surface area (Å²) in [6.45, 7) is 2.77. The van der Waals surface area contributed by atoms with Crippen LogP contribution in [-0.2, 0) is 9.47 Å². The molecule has 0 aromatic heterocycles. The number of hydrogen-bond donors (Lipinski definition) is 0. The first-order chi connectivity index (χ1) is 8.10. The van der Waals surface area contributed by atoms with E-state index in [2.05, 4.69) is 0 Å². The van der Waals surface area contributed by atoms with Crippen molar-refractivity contribution in [3.8, 4) is 0 Å². The lowest BCUT2D eigenvalue weighted by Gasteiger charge is -2.06. The molecule has 2 nitrogen and oxygen atoms in total. The molecule has 0 bridgehead atoms.